The van der Waals surface area contributed by atoms with E-state index in [1.807, 2.05) is 13.8 Å². The Labute approximate surface area is 407 Å². The minimum absolute atomic E-state index is 0.0314. The van der Waals surface area contributed by atoms with Crippen molar-refractivity contribution in [2.24, 2.45) is 0 Å². The molecule has 0 spiro atoms. The summed E-state index contributed by atoms with van der Waals surface area (Å²) in [6, 6.07) is -0.441. The minimum Gasteiger partial charge on any atom is -0.379 e. The fourth-order valence-corrected chi connectivity index (χ4v) is 9.33. The Morgan fingerprint density at radius 3 is 1.44 bits per heavy atom. The zero-order valence-corrected chi connectivity index (χ0v) is 44.7. The van der Waals surface area contributed by atoms with Crippen LogP contribution in [-0.2, 0) is 42.7 Å². The lowest BCUT2D eigenvalue weighted by molar-refractivity contribution is -0.325. The van der Waals surface area contributed by atoms with Crippen LogP contribution in [0.2, 0.25) is 0 Å². The Hall–Kier alpha value is -0.850. The molecule has 66 heavy (non-hydrogen) atoms. The minimum atomic E-state index is -0.771. The van der Waals surface area contributed by atoms with Gasteiger partial charge in [-0.15, -0.1) is 0 Å². The van der Waals surface area contributed by atoms with E-state index in [4.69, 9.17) is 37.9 Å². The van der Waals surface area contributed by atoms with Crippen LogP contribution in [0, 0.1) is 0 Å². The maximum absolute atomic E-state index is 13.8. The van der Waals surface area contributed by atoms with E-state index in [1.54, 1.807) is 0 Å². The van der Waals surface area contributed by atoms with Crippen molar-refractivity contribution >= 4 is 5.91 Å². The molecule has 0 bridgehead atoms. The standard InChI is InChI=1S/C56H109NO9/c1-9-15-21-22-23-24-25-26-27-28-29-30-31-32-33-34-35-36-38-40-50(58)57-47(51-48(39-37-16-10-2)65-56(7,8)66-51)45-63-55-54(62-44-20-14-6)53(61-43-19-13-5)52(60-42-18-12-4)49(64-55)46-59-41-17-11-3/h47-49,51-55H,9-46H2,1-8H3,(H,57,58)/t47-,48+,49?,51-,52?,53?,54?,55?/m0/s1. The molecule has 2 aliphatic heterocycles. The average molecular weight is 940 g/mol. The molecule has 392 valence electrons. The number of ether oxygens (including phenoxy) is 8. The summed E-state index contributed by atoms with van der Waals surface area (Å²) in [7, 11) is 0. The van der Waals surface area contributed by atoms with Gasteiger partial charge < -0.3 is 43.2 Å². The third kappa shape index (κ3) is 28.1. The molecule has 0 radical (unpaired) electrons. The SMILES string of the molecule is CCCCCCCCCCCCCCCCCCCCCC(=O)N[C@@H](COC1OC(COCCCC)C(OCCCC)C(OCCCC)C1OCCCC)[C@@H]1OC(C)(C)O[C@@H]1CCCCC. The van der Waals surface area contributed by atoms with Gasteiger partial charge in [0, 0.05) is 32.8 Å². The maximum atomic E-state index is 13.8. The van der Waals surface area contributed by atoms with Gasteiger partial charge in [-0.25, -0.2) is 0 Å². The number of rotatable bonds is 46. The van der Waals surface area contributed by atoms with Crippen LogP contribution in [0.15, 0.2) is 0 Å². The van der Waals surface area contributed by atoms with Crippen LogP contribution >= 0.6 is 0 Å². The Kier molecular flexibility index (Phi) is 37.9. The summed E-state index contributed by atoms with van der Waals surface area (Å²) in [4.78, 5) is 13.8. The summed E-state index contributed by atoms with van der Waals surface area (Å²) in [6.07, 6.45) is 34.8. The van der Waals surface area contributed by atoms with Crippen molar-refractivity contribution in [1.82, 2.24) is 5.32 Å². The van der Waals surface area contributed by atoms with Gasteiger partial charge in [-0.1, -0.05) is 202 Å². The highest BCUT2D eigenvalue weighted by molar-refractivity contribution is 5.76. The molecule has 2 fully saturated rings. The van der Waals surface area contributed by atoms with Crippen molar-refractivity contribution in [3.63, 3.8) is 0 Å². The molecule has 10 nitrogen and oxygen atoms in total. The van der Waals surface area contributed by atoms with Crippen molar-refractivity contribution in [3.8, 4) is 0 Å². The van der Waals surface area contributed by atoms with Crippen LogP contribution in [0.25, 0.3) is 0 Å². The van der Waals surface area contributed by atoms with Crippen molar-refractivity contribution in [2.75, 3.05) is 39.6 Å². The summed E-state index contributed by atoms with van der Waals surface area (Å²) < 4.78 is 53.1. The van der Waals surface area contributed by atoms with Crippen LogP contribution < -0.4 is 5.32 Å². The molecule has 1 N–H and O–H groups in total. The van der Waals surface area contributed by atoms with E-state index >= 15 is 0 Å². The molecule has 0 aliphatic carbocycles. The second-order valence-corrected chi connectivity index (χ2v) is 20.3. The van der Waals surface area contributed by atoms with E-state index in [9.17, 15) is 4.79 Å². The van der Waals surface area contributed by atoms with E-state index in [0.717, 1.165) is 89.9 Å². The summed E-state index contributed by atoms with van der Waals surface area (Å²) in [6.45, 7) is 20.1. The Balaban J connectivity index is 2.05. The van der Waals surface area contributed by atoms with Gasteiger partial charge in [-0.2, -0.15) is 0 Å². The molecule has 2 heterocycles. The Bertz CT molecular complexity index is 1100. The Morgan fingerprint density at radius 2 is 0.924 bits per heavy atom. The van der Waals surface area contributed by atoms with E-state index in [-0.39, 0.29) is 30.8 Å². The number of carbonyl (C=O) groups is 1. The molecule has 0 aromatic carbocycles. The molecule has 1 amide bonds. The van der Waals surface area contributed by atoms with Crippen molar-refractivity contribution in [2.45, 2.75) is 316 Å². The molecule has 10 heteroatoms. The van der Waals surface area contributed by atoms with E-state index in [0.29, 0.717) is 39.5 Å². The van der Waals surface area contributed by atoms with Crippen LogP contribution in [0.4, 0.5) is 0 Å². The predicted molar refractivity (Wildman–Crippen MR) is 272 cm³/mol. The zero-order valence-electron chi connectivity index (χ0n) is 44.7. The molecule has 5 unspecified atom stereocenters. The molecule has 8 atom stereocenters. The third-order valence-electron chi connectivity index (χ3n) is 13.4. The van der Waals surface area contributed by atoms with Crippen molar-refractivity contribution in [1.29, 1.82) is 0 Å². The van der Waals surface area contributed by atoms with Gasteiger partial charge in [-0.05, 0) is 52.4 Å². The normalized spacial score (nSPS) is 23.4. The molecular formula is C56H109NO9. The predicted octanol–water partition coefficient (Wildman–Crippen LogP) is 14.5. The van der Waals surface area contributed by atoms with Crippen LogP contribution in [0.3, 0.4) is 0 Å². The van der Waals surface area contributed by atoms with Crippen LogP contribution in [0.5, 0.6) is 0 Å². The van der Waals surface area contributed by atoms with Gasteiger partial charge in [0.1, 0.15) is 30.5 Å². The summed E-state index contributed by atoms with van der Waals surface area (Å²) in [5.74, 6) is -0.740. The molecule has 0 aromatic heterocycles. The fourth-order valence-electron chi connectivity index (χ4n) is 9.33. The van der Waals surface area contributed by atoms with Gasteiger partial charge >= 0.3 is 0 Å². The van der Waals surface area contributed by atoms with Crippen molar-refractivity contribution in [3.05, 3.63) is 0 Å². The number of amides is 1. The molecule has 2 saturated heterocycles. The van der Waals surface area contributed by atoms with Gasteiger partial charge in [0.05, 0.1) is 25.4 Å². The monoisotopic (exact) mass is 940 g/mol. The van der Waals surface area contributed by atoms with E-state index in [1.165, 1.54) is 109 Å². The van der Waals surface area contributed by atoms with E-state index in [2.05, 4.69) is 46.9 Å². The molecular weight excluding hydrogens is 831 g/mol. The lowest BCUT2D eigenvalue weighted by Gasteiger charge is -2.46. The van der Waals surface area contributed by atoms with Crippen LogP contribution in [-0.4, -0.2) is 100 Å². The number of hydrogen-bond donors (Lipinski definition) is 1. The van der Waals surface area contributed by atoms with Gasteiger partial charge in [-0.3, -0.25) is 4.79 Å². The molecule has 2 aliphatic rings. The van der Waals surface area contributed by atoms with Gasteiger partial charge in [0.15, 0.2) is 12.1 Å². The first-order chi connectivity index (χ1) is 32.2. The average Bonchev–Trinajstić information content (AvgIpc) is 3.62. The summed E-state index contributed by atoms with van der Waals surface area (Å²) in [5, 5.41) is 3.39. The first-order valence-corrected chi connectivity index (χ1v) is 28.6. The summed E-state index contributed by atoms with van der Waals surface area (Å²) >= 11 is 0. The highest BCUT2D eigenvalue weighted by atomic mass is 16.8. The van der Waals surface area contributed by atoms with E-state index < -0.39 is 36.4 Å². The highest BCUT2D eigenvalue weighted by Gasteiger charge is 2.50. The first-order valence-electron chi connectivity index (χ1n) is 28.6. The lowest BCUT2D eigenvalue weighted by atomic mass is 9.97. The Morgan fingerprint density at radius 1 is 0.485 bits per heavy atom. The largest absolute Gasteiger partial charge is 0.379 e. The second kappa shape index (κ2) is 40.8. The smallest absolute Gasteiger partial charge is 0.220 e. The van der Waals surface area contributed by atoms with Gasteiger partial charge in [0.2, 0.25) is 5.91 Å². The molecule has 2 rings (SSSR count). The number of nitrogens with one attached hydrogen (secondary N) is 1. The number of carbonyl (C=O) groups excluding carboxylic acids is 1. The maximum Gasteiger partial charge on any atom is 0.220 e. The number of hydrogen-bond acceptors (Lipinski definition) is 9. The third-order valence-corrected chi connectivity index (χ3v) is 13.4. The first kappa shape index (κ1) is 61.3. The molecule has 0 saturated carbocycles. The quantitative estimate of drug-likeness (QED) is 0.0598. The zero-order chi connectivity index (χ0) is 47.9. The second-order valence-electron chi connectivity index (χ2n) is 20.3. The topological polar surface area (TPSA) is 103 Å². The lowest BCUT2D eigenvalue weighted by Crippen LogP contribution is -2.63. The van der Waals surface area contributed by atoms with Gasteiger partial charge in [0.25, 0.3) is 0 Å². The fraction of sp³-hybridized carbons (Fsp3) is 0.982. The highest BCUT2D eigenvalue weighted by Crippen LogP contribution is 2.35. The van der Waals surface area contributed by atoms with Crippen molar-refractivity contribution < 1.29 is 42.7 Å². The summed E-state index contributed by atoms with van der Waals surface area (Å²) in [5.41, 5.74) is 0. The molecule has 0 aromatic rings. The van der Waals surface area contributed by atoms with Crippen LogP contribution in [0.1, 0.15) is 261 Å². The number of unbranched alkanes of at least 4 members (excludes halogenated alkanes) is 24.